The second-order valence-electron chi connectivity index (χ2n) is 6.81. The molecule has 3 rings (SSSR count). The molecule has 2 aromatic rings. The predicted molar refractivity (Wildman–Crippen MR) is 104 cm³/mol. The van der Waals surface area contributed by atoms with Crippen molar-refractivity contribution >= 4 is 17.5 Å². The minimum atomic E-state index is -0.259. The monoisotopic (exact) mass is 350 g/mol. The molecule has 0 bridgehead atoms. The van der Waals surface area contributed by atoms with E-state index in [1.54, 1.807) is 4.90 Å². The lowest BCUT2D eigenvalue weighted by atomic mass is 10.1. The summed E-state index contributed by atoms with van der Waals surface area (Å²) in [7, 11) is 0. The molecule has 0 saturated carbocycles. The zero-order valence-corrected chi connectivity index (χ0v) is 15.3. The molecule has 0 spiro atoms. The number of hydrogen-bond donors (Lipinski definition) is 1. The average molecular weight is 350 g/mol. The number of aryl methyl sites for hydroxylation is 2. The molecular weight excluding hydrogens is 324 g/mol. The van der Waals surface area contributed by atoms with E-state index in [0.717, 1.165) is 24.9 Å². The normalized spacial score (nSPS) is 16.7. The third kappa shape index (κ3) is 4.51. The van der Waals surface area contributed by atoms with Crippen LogP contribution in [-0.4, -0.2) is 24.9 Å². The van der Waals surface area contributed by atoms with Gasteiger partial charge in [-0.1, -0.05) is 49.4 Å². The first-order valence-corrected chi connectivity index (χ1v) is 9.38. The molecule has 1 saturated heterocycles. The fourth-order valence-corrected chi connectivity index (χ4v) is 3.34. The summed E-state index contributed by atoms with van der Waals surface area (Å²) in [6.45, 7) is 3.21. The van der Waals surface area contributed by atoms with Crippen LogP contribution in [0.5, 0.6) is 0 Å². The first-order chi connectivity index (χ1) is 12.7. The number of hydrogen-bond acceptors (Lipinski definition) is 2. The fourth-order valence-electron chi connectivity index (χ4n) is 3.34. The largest absolute Gasteiger partial charge is 0.356 e. The molecule has 136 valence electrons. The number of amides is 2. The van der Waals surface area contributed by atoms with Crippen LogP contribution in [0, 0.1) is 5.92 Å². The summed E-state index contributed by atoms with van der Waals surface area (Å²) >= 11 is 0. The van der Waals surface area contributed by atoms with E-state index >= 15 is 0 Å². The Hall–Kier alpha value is -2.62. The highest BCUT2D eigenvalue weighted by molar-refractivity contribution is 6.00. The van der Waals surface area contributed by atoms with Crippen LogP contribution >= 0.6 is 0 Å². The van der Waals surface area contributed by atoms with E-state index in [0.29, 0.717) is 19.5 Å². The van der Waals surface area contributed by atoms with E-state index in [-0.39, 0.29) is 17.7 Å². The Morgan fingerprint density at radius 2 is 1.81 bits per heavy atom. The maximum atomic E-state index is 12.4. The Bertz CT molecular complexity index is 740. The van der Waals surface area contributed by atoms with Gasteiger partial charge in [-0.25, -0.2) is 0 Å². The summed E-state index contributed by atoms with van der Waals surface area (Å²) < 4.78 is 0. The van der Waals surface area contributed by atoms with Gasteiger partial charge in [-0.3, -0.25) is 9.59 Å². The van der Waals surface area contributed by atoms with Gasteiger partial charge in [-0.05, 0) is 42.5 Å². The number of nitrogens with zero attached hydrogens (tertiary/aromatic N) is 1. The van der Waals surface area contributed by atoms with Crippen LogP contribution in [0.2, 0.25) is 0 Å². The molecule has 1 fully saturated rings. The van der Waals surface area contributed by atoms with E-state index in [1.165, 1.54) is 11.1 Å². The topological polar surface area (TPSA) is 49.4 Å². The zero-order valence-electron chi connectivity index (χ0n) is 15.3. The van der Waals surface area contributed by atoms with Crippen molar-refractivity contribution in [2.45, 2.75) is 32.6 Å². The van der Waals surface area contributed by atoms with Gasteiger partial charge in [0.1, 0.15) is 0 Å². The number of carbonyl (C=O) groups excluding carboxylic acids is 2. The summed E-state index contributed by atoms with van der Waals surface area (Å²) in [5.74, 6) is -0.247. The van der Waals surface area contributed by atoms with Gasteiger partial charge in [0, 0.05) is 25.2 Å². The van der Waals surface area contributed by atoms with Crippen LogP contribution in [-0.2, 0) is 22.4 Å². The third-order valence-electron chi connectivity index (χ3n) is 4.94. The van der Waals surface area contributed by atoms with E-state index in [1.807, 2.05) is 42.5 Å². The third-order valence-corrected chi connectivity index (χ3v) is 4.94. The Labute approximate surface area is 155 Å². The van der Waals surface area contributed by atoms with Crippen LogP contribution < -0.4 is 10.2 Å². The summed E-state index contributed by atoms with van der Waals surface area (Å²) in [6.07, 6.45) is 3.11. The van der Waals surface area contributed by atoms with Crippen molar-refractivity contribution < 1.29 is 9.59 Å². The molecule has 1 unspecified atom stereocenters. The molecule has 1 N–H and O–H groups in total. The molecule has 0 aliphatic carbocycles. The van der Waals surface area contributed by atoms with Crippen LogP contribution in [0.25, 0.3) is 0 Å². The van der Waals surface area contributed by atoms with Crippen LogP contribution in [0.4, 0.5) is 5.69 Å². The van der Waals surface area contributed by atoms with Gasteiger partial charge in [0.05, 0.1) is 5.92 Å². The first-order valence-electron chi connectivity index (χ1n) is 9.38. The number of rotatable bonds is 7. The lowest BCUT2D eigenvalue weighted by Gasteiger charge is -2.17. The molecule has 1 aliphatic rings. The van der Waals surface area contributed by atoms with Crippen molar-refractivity contribution in [3.05, 3.63) is 65.7 Å². The molecule has 1 aliphatic heterocycles. The summed E-state index contributed by atoms with van der Waals surface area (Å²) in [5, 5.41) is 2.99. The molecule has 1 heterocycles. The highest BCUT2D eigenvalue weighted by atomic mass is 16.2. The van der Waals surface area contributed by atoms with Crippen molar-refractivity contribution in [1.29, 1.82) is 0 Å². The van der Waals surface area contributed by atoms with E-state index < -0.39 is 0 Å². The SMILES string of the molecule is CCc1ccc(N2CC(C(=O)NCCCc3ccccc3)CC2=O)cc1. The van der Waals surface area contributed by atoms with E-state index in [2.05, 4.69) is 24.4 Å². The molecule has 4 heteroatoms. The Morgan fingerprint density at radius 3 is 2.50 bits per heavy atom. The average Bonchev–Trinajstić information content (AvgIpc) is 3.08. The molecule has 4 nitrogen and oxygen atoms in total. The maximum absolute atomic E-state index is 12.4. The van der Waals surface area contributed by atoms with Crippen molar-refractivity contribution in [2.24, 2.45) is 5.92 Å². The van der Waals surface area contributed by atoms with Crippen LogP contribution in [0.1, 0.15) is 30.9 Å². The smallest absolute Gasteiger partial charge is 0.227 e. The van der Waals surface area contributed by atoms with Gasteiger partial charge >= 0.3 is 0 Å². The second kappa shape index (κ2) is 8.65. The van der Waals surface area contributed by atoms with Crippen molar-refractivity contribution in [2.75, 3.05) is 18.0 Å². The van der Waals surface area contributed by atoms with E-state index in [9.17, 15) is 9.59 Å². The number of benzene rings is 2. The van der Waals surface area contributed by atoms with Crippen molar-refractivity contribution in [3.8, 4) is 0 Å². The Kier molecular flexibility index (Phi) is 6.05. The number of carbonyl (C=O) groups is 2. The number of nitrogens with one attached hydrogen (secondary N) is 1. The van der Waals surface area contributed by atoms with Gasteiger partial charge in [0.15, 0.2) is 0 Å². The highest BCUT2D eigenvalue weighted by Gasteiger charge is 2.34. The minimum absolute atomic E-state index is 0.0147. The maximum Gasteiger partial charge on any atom is 0.227 e. The standard InChI is InChI=1S/C22H26N2O2/c1-2-17-10-12-20(13-11-17)24-16-19(15-21(24)25)22(26)23-14-6-9-18-7-4-3-5-8-18/h3-5,7-8,10-13,19H,2,6,9,14-16H2,1H3,(H,23,26). The zero-order chi connectivity index (χ0) is 18.4. The van der Waals surface area contributed by atoms with Gasteiger partial charge in [-0.15, -0.1) is 0 Å². The summed E-state index contributed by atoms with van der Waals surface area (Å²) in [6, 6.07) is 18.3. The van der Waals surface area contributed by atoms with Crippen molar-refractivity contribution in [1.82, 2.24) is 5.32 Å². The number of anilines is 1. The van der Waals surface area contributed by atoms with E-state index in [4.69, 9.17) is 0 Å². The van der Waals surface area contributed by atoms with Gasteiger partial charge in [0.2, 0.25) is 11.8 Å². The quantitative estimate of drug-likeness (QED) is 0.779. The van der Waals surface area contributed by atoms with Gasteiger partial charge in [0.25, 0.3) is 0 Å². The van der Waals surface area contributed by atoms with Crippen molar-refractivity contribution in [3.63, 3.8) is 0 Å². The molecular formula is C22H26N2O2. The second-order valence-corrected chi connectivity index (χ2v) is 6.81. The van der Waals surface area contributed by atoms with Gasteiger partial charge in [-0.2, -0.15) is 0 Å². The van der Waals surface area contributed by atoms with Gasteiger partial charge < -0.3 is 10.2 Å². The summed E-state index contributed by atoms with van der Waals surface area (Å²) in [5.41, 5.74) is 3.40. The molecule has 26 heavy (non-hydrogen) atoms. The molecule has 1 atom stereocenters. The fraction of sp³-hybridized carbons (Fsp3) is 0.364. The highest BCUT2D eigenvalue weighted by Crippen LogP contribution is 2.25. The predicted octanol–water partition coefficient (Wildman–Crippen LogP) is 3.35. The summed E-state index contributed by atoms with van der Waals surface area (Å²) in [4.78, 5) is 26.4. The Balaban J connectivity index is 1.47. The minimum Gasteiger partial charge on any atom is -0.356 e. The van der Waals surface area contributed by atoms with Crippen LogP contribution in [0.15, 0.2) is 54.6 Å². The lowest BCUT2D eigenvalue weighted by Crippen LogP contribution is -2.33. The molecule has 0 aromatic heterocycles. The molecule has 2 amide bonds. The molecule has 2 aromatic carbocycles. The van der Waals surface area contributed by atoms with Crippen LogP contribution in [0.3, 0.4) is 0 Å². The first kappa shape index (κ1) is 18.2. The lowest BCUT2D eigenvalue weighted by molar-refractivity contribution is -0.126. The Morgan fingerprint density at radius 1 is 1.08 bits per heavy atom. The molecule has 0 radical (unpaired) electrons.